The first kappa shape index (κ1) is 18.3. The van der Waals surface area contributed by atoms with Crippen molar-refractivity contribution in [2.24, 2.45) is 0 Å². The van der Waals surface area contributed by atoms with Crippen molar-refractivity contribution >= 4 is 29.1 Å². The molecule has 1 N–H and O–H groups in total. The van der Waals surface area contributed by atoms with Crippen molar-refractivity contribution in [2.45, 2.75) is 20.3 Å². The fourth-order valence-electron chi connectivity index (χ4n) is 2.06. The van der Waals surface area contributed by atoms with E-state index >= 15 is 0 Å². The normalized spacial score (nSPS) is 11.3. The highest BCUT2D eigenvalue weighted by Gasteiger charge is 2.06. The molecule has 0 fully saturated rings. The number of nitrogens with zero attached hydrogens (tertiary/aromatic N) is 1. The zero-order valence-corrected chi connectivity index (χ0v) is 14.8. The average Bonchev–Trinajstić information content (AvgIpc) is 2.51. The molecule has 0 atom stereocenters. The Morgan fingerprint density at radius 2 is 1.79 bits per heavy atom. The highest BCUT2D eigenvalue weighted by atomic mass is 35.5. The van der Waals surface area contributed by atoms with E-state index in [9.17, 15) is 10.0 Å². The maximum atomic E-state index is 11.1. The van der Waals surface area contributed by atoms with Crippen molar-refractivity contribution in [2.75, 3.05) is 0 Å². The summed E-state index contributed by atoms with van der Waals surface area (Å²) in [5, 5.41) is 11.2. The van der Waals surface area contributed by atoms with Crippen LogP contribution in [0.1, 0.15) is 19.4 Å². The average molecular weight is 366 g/mol. The summed E-state index contributed by atoms with van der Waals surface area (Å²) in [6.07, 6.45) is 2.31. The van der Waals surface area contributed by atoms with E-state index in [1.807, 2.05) is 24.3 Å². The van der Waals surface area contributed by atoms with Crippen LogP contribution >= 0.6 is 23.2 Å². The number of rotatable bonds is 5. The van der Waals surface area contributed by atoms with Crippen LogP contribution in [-0.4, -0.2) is 16.2 Å². The fraction of sp³-hybridized carbons (Fsp3) is 0.167. The molecule has 0 heterocycles. The van der Waals surface area contributed by atoms with E-state index in [1.165, 1.54) is 6.92 Å². The largest absolute Gasteiger partial charge is 0.457 e. The van der Waals surface area contributed by atoms with Gasteiger partial charge in [-0.2, -0.15) is 5.06 Å². The Hall–Kier alpha value is -2.01. The number of allylic oxidation sites excluding steroid dienone is 2. The lowest BCUT2D eigenvalue weighted by Crippen LogP contribution is -2.22. The molecule has 0 radical (unpaired) electrons. The van der Waals surface area contributed by atoms with Crippen molar-refractivity contribution in [3.8, 4) is 11.5 Å². The van der Waals surface area contributed by atoms with Crippen LogP contribution in [0.4, 0.5) is 0 Å². The van der Waals surface area contributed by atoms with Crippen LogP contribution in [0.25, 0.3) is 0 Å². The lowest BCUT2D eigenvalue weighted by atomic mass is 10.1. The van der Waals surface area contributed by atoms with Gasteiger partial charge in [-0.25, -0.2) is 0 Å². The van der Waals surface area contributed by atoms with Gasteiger partial charge in [0.1, 0.15) is 11.5 Å². The monoisotopic (exact) mass is 365 g/mol. The third-order valence-corrected chi connectivity index (χ3v) is 3.67. The van der Waals surface area contributed by atoms with Gasteiger partial charge >= 0.3 is 0 Å². The summed E-state index contributed by atoms with van der Waals surface area (Å²) in [6.45, 7) is 2.96. The smallest absolute Gasteiger partial charge is 0.247 e. The standard InChI is InChI=1S/C18H17Cl2NO3/c1-12(21(23)13(2)22)6-7-14-4-3-5-17(8-14)24-18-10-15(19)9-16(20)11-18/h3-6,8-11,23H,7H2,1-2H3. The molecular weight excluding hydrogens is 349 g/mol. The third-order valence-electron chi connectivity index (χ3n) is 3.24. The number of carbonyl (C=O) groups is 1. The summed E-state index contributed by atoms with van der Waals surface area (Å²) in [6, 6.07) is 12.5. The molecule has 4 nitrogen and oxygen atoms in total. The minimum absolute atomic E-state index is 0.432. The molecule has 2 aromatic rings. The Balaban J connectivity index is 2.11. The number of hydrogen-bond donors (Lipinski definition) is 1. The zero-order valence-electron chi connectivity index (χ0n) is 13.3. The van der Waals surface area contributed by atoms with Gasteiger partial charge in [0.15, 0.2) is 0 Å². The number of hydroxylamine groups is 2. The first-order chi connectivity index (χ1) is 11.3. The van der Waals surface area contributed by atoms with Crippen LogP contribution in [0.15, 0.2) is 54.2 Å². The van der Waals surface area contributed by atoms with E-state index in [1.54, 1.807) is 31.2 Å². The Morgan fingerprint density at radius 3 is 2.42 bits per heavy atom. The predicted octanol–water partition coefficient (Wildman–Crippen LogP) is 5.47. The Bertz CT molecular complexity index is 754. The van der Waals surface area contributed by atoms with Crippen LogP contribution in [-0.2, 0) is 11.2 Å². The van der Waals surface area contributed by atoms with Gasteiger partial charge in [-0.1, -0.05) is 41.4 Å². The summed E-state index contributed by atoms with van der Waals surface area (Å²) in [5.74, 6) is 0.762. The van der Waals surface area contributed by atoms with Crippen molar-refractivity contribution < 1.29 is 14.7 Å². The molecule has 0 aromatic heterocycles. The van der Waals surface area contributed by atoms with Gasteiger partial charge in [-0.15, -0.1) is 0 Å². The van der Waals surface area contributed by atoms with Crippen LogP contribution in [0.2, 0.25) is 10.0 Å². The molecule has 2 aromatic carbocycles. The topological polar surface area (TPSA) is 49.8 Å². The highest BCUT2D eigenvalue weighted by Crippen LogP contribution is 2.28. The van der Waals surface area contributed by atoms with E-state index in [0.717, 1.165) is 5.56 Å². The molecule has 0 aliphatic carbocycles. The molecule has 0 saturated carbocycles. The SMILES string of the molecule is CC(=O)N(O)C(C)=CCc1cccc(Oc2cc(Cl)cc(Cl)c2)c1. The molecule has 6 heteroatoms. The van der Waals surface area contributed by atoms with Gasteiger partial charge < -0.3 is 4.74 Å². The highest BCUT2D eigenvalue weighted by molar-refractivity contribution is 6.34. The summed E-state index contributed by atoms with van der Waals surface area (Å²) >= 11 is 11.9. The van der Waals surface area contributed by atoms with Crippen molar-refractivity contribution in [1.82, 2.24) is 5.06 Å². The molecule has 0 aliphatic heterocycles. The first-order valence-corrected chi connectivity index (χ1v) is 8.00. The molecule has 2 rings (SSSR count). The van der Waals surface area contributed by atoms with Crippen molar-refractivity contribution in [1.29, 1.82) is 0 Å². The number of carbonyl (C=O) groups excluding carboxylic acids is 1. The number of hydrogen-bond acceptors (Lipinski definition) is 3. The second-order valence-corrected chi connectivity index (χ2v) is 6.11. The van der Waals surface area contributed by atoms with Gasteiger partial charge in [0.05, 0.1) is 0 Å². The second-order valence-electron chi connectivity index (χ2n) is 5.24. The van der Waals surface area contributed by atoms with E-state index in [4.69, 9.17) is 27.9 Å². The Kier molecular flexibility index (Phi) is 6.26. The minimum Gasteiger partial charge on any atom is -0.457 e. The molecule has 1 amide bonds. The van der Waals surface area contributed by atoms with Crippen LogP contribution < -0.4 is 4.74 Å². The summed E-state index contributed by atoms with van der Waals surface area (Å²) in [4.78, 5) is 11.1. The number of ether oxygens (including phenoxy) is 1. The van der Waals surface area contributed by atoms with Gasteiger partial charge in [0, 0.05) is 22.7 Å². The van der Waals surface area contributed by atoms with Crippen molar-refractivity contribution in [3.05, 3.63) is 69.8 Å². The lowest BCUT2D eigenvalue weighted by Gasteiger charge is -2.13. The Morgan fingerprint density at radius 1 is 1.12 bits per heavy atom. The summed E-state index contributed by atoms with van der Waals surface area (Å²) in [7, 11) is 0. The van der Waals surface area contributed by atoms with Gasteiger partial charge in [0.25, 0.3) is 0 Å². The number of amides is 1. The second kappa shape index (κ2) is 8.20. The molecule has 0 aliphatic rings. The van der Waals surface area contributed by atoms with Gasteiger partial charge in [0.2, 0.25) is 5.91 Å². The van der Waals surface area contributed by atoms with E-state index < -0.39 is 5.91 Å². The van der Waals surface area contributed by atoms with Crippen LogP contribution in [0, 0.1) is 0 Å². The van der Waals surface area contributed by atoms with Crippen LogP contribution in [0.5, 0.6) is 11.5 Å². The summed E-state index contributed by atoms with van der Waals surface area (Å²) in [5.41, 5.74) is 1.44. The van der Waals surface area contributed by atoms with Crippen molar-refractivity contribution in [3.63, 3.8) is 0 Å². The summed E-state index contributed by atoms with van der Waals surface area (Å²) < 4.78 is 5.77. The maximum absolute atomic E-state index is 11.1. The van der Waals surface area contributed by atoms with E-state index in [2.05, 4.69) is 0 Å². The Labute approximate surface area is 150 Å². The quantitative estimate of drug-likeness (QED) is 0.564. The lowest BCUT2D eigenvalue weighted by molar-refractivity contribution is -0.154. The van der Waals surface area contributed by atoms with E-state index in [0.29, 0.717) is 38.7 Å². The molecule has 0 unspecified atom stereocenters. The fourth-order valence-corrected chi connectivity index (χ4v) is 2.57. The van der Waals surface area contributed by atoms with E-state index in [-0.39, 0.29) is 0 Å². The van der Waals surface area contributed by atoms with Crippen LogP contribution in [0.3, 0.4) is 0 Å². The third kappa shape index (κ3) is 5.27. The molecular formula is C18H17Cl2NO3. The predicted molar refractivity (Wildman–Crippen MR) is 94.7 cm³/mol. The number of benzene rings is 2. The number of halogens is 2. The maximum Gasteiger partial charge on any atom is 0.247 e. The first-order valence-electron chi connectivity index (χ1n) is 7.24. The molecule has 24 heavy (non-hydrogen) atoms. The minimum atomic E-state index is -0.432. The van der Waals surface area contributed by atoms with Gasteiger partial charge in [-0.3, -0.25) is 10.0 Å². The molecule has 0 saturated heterocycles. The molecule has 126 valence electrons. The molecule has 0 spiro atoms. The zero-order chi connectivity index (χ0) is 17.7. The molecule has 0 bridgehead atoms. The van der Waals surface area contributed by atoms with Gasteiger partial charge in [-0.05, 0) is 49.2 Å².